The zero-order valence-corrected chi connectivity index (χ0v) is 10.3. The van der Waals surface area contributed by atoms with Crippen molar-refractivity contribution in [2.45, 2.75) is 0 Å². The van der Waals surface area contributed by atoms with Gasteiger partial charge < -0.3 is 0 Å². The Bertz CT molecular complexity index is 741. The molecule has 0 atom stereocenters. The van der Waals surface area contributed by atoms with E-state index in [1.54, 1.807) is 18.2 Å². The van der Waals surface area contributed by atoms with Gasteiger partial charge in [0, 0.05) is 5.39 Å². The van der Waals surface area contributed by atoms with Crippen LogP contribution >= 0.6 is 11.6 Å². The van der Waals surface area contributed by atoms with Crippen molar-refractivity contribution in [2.75, 3.05) is 5.32 Å². The largest absolute Gasteiger partial charge is 0.289 e. The van der Waals surface area contributed by atoms with Gasteiger partial charge in [-0.2, -0.15) is 10.1 Å². The van der Waals surface area contributed by atoms with Crippen molar-refractivity contribution in [1.29, 1.82) is 0 Å². The summed E-state index contributed by atoms with van der Waals surface area (Å²) < 4.78 is 0. The molecule has 0 aliphatic heterocycles. The minimum Gasteiger partial charge on any atom is -0.289 e. The third kappa shape index (κ3) is 2.25. The van der Waals surface area contributed by atoms with E-state index in [2.05, 4.69) is 25.5 Å². The number of benzene rings is 1. The molecule has 0 bridgehead atoms. The molecule has 0 spiro atoms. The van der Waals surface area contributed by atoms with Crippen LogP contribution in [0.3, 0.4) is 0 Å². The van der Waals surface area contributed by atoms with Crippen LogP contribution < -0.4 is 5.32 Å². The maximum absolute atomic E-state index is 12.0. The molecule has 0 saturated heterocycles. The lowest BCUT2D eigenvalue weighted by atomic mass is 10.2. The summed E-state index contributed by atoms with van der Waals surface area (Å²) in [6.07, 6.45) is 1.31. The quantitative estimate of drug-likeness (QED) is 0.750. The predicted octanol–water partition coefficient (Wildman–Crippen LogP) is 2.26. The van der Waals surface area contributed by atoms with Gasteiger partial charge >= 0.3 is 0 Å². The zero-order chi connectivity index (χ0) is 13.2. The van der Waals surface area contributed by atoms with E-state index in [4.69, 9.17) is 11.6 Å². The van der Waals surface area contributed by atoms with Crippen molar-refractivity contribution in [3.8, 4) is 0 Å². The van der Waals surface area contributed by atoms with Crippen LogP contribution in [0.15, 0.2) is 36.7 Å². The smallest absolute Gasteiger partial charge is 0.276 e. The van der Waals surface area contributed by atoms with E-state index in [9.17, 15) is 4.79 Å². The molecule has 0 saturated carbocycles. The summed E-state index contributed by atoms with van der Waals surface area (Å²) in [6.45, 7) is 0. The average molecular weight is 274 g/mol. The topological polar surface area (TPSA) is 83.6 Å². The lowest BCUT2D eigenvalue weighted by molar-refractivity contribution is 0.102. The Kier molecular flexibility index (Phi) is 2.85. The second-order valence-electron chi connectivity index (χ2n) is 3.80. The molecule has 6 nitrogen and oxygen atoms in total. The number of halogens is 1. The summed E-state index contributed by atoms with van der Waals surface area (Å²) in [4.78, 5) is 20.0. The van der Waals surface area contributed by atoms with E-state index in [-0.39, 0.29) is 17.5 Å². The van der Waals surface area contributed by atoms with E-state index in [0.29, 0.717) is 10.5 Å². The van der Waals surface area contributed by atoms with Gasteiger partial charge in [-0.25, -0.2) is 10.1 Å². The minimum atomic E-state index is -0.376. The molecule has 1 amide bonds. The third-order valence-corrected chi connectivity index (χ3v) is 2.86. The molecule has 0 unspecified atom stereocenters. The molecule has 3 aromatic rings. The van der Waals surface area contributed by atoms with Crippen LogP contribution in [-0.4, -0.2) is 26.1 Å². The van der Waals surface area contributed by atoms with Crippen LogP contribution in [-0.2, 0) is 0 Å². The van der Waals surface area contributed by atoms with Crippen molar-refractivity contribution < 1.29 is 4.79 Å². The molecule has 1 aromatic carbocycles. The monoisotopic (exact) mass is 273 g/mol. The number of anilines is 1. The number of hydrogen-bond acceptors (Lipinski definition) is 4. The number of para-hydroxylation sites is 1. The molecule has 94 valence electrons. The van der Waals surface area contributed by atoms with Crippen LogP contribution in [0.2, 0.25) is 5.02 Å². The number of nitrogens with zero attached hydrogens (tertiary/aromatic N) is 3. The highest BCUT2D eigenvalue weighted by molar-refractivity contribution is 6.35. The summed E-state index contributed by atoms with van der Waals surface area (Å²) in [6, 6.07) is 8.87. The second kappa shape index (κ2) is 4.66. The molecule has 3 rings (SSSR count). The van der Waals surface area contributed by atoms with Crippen LogP contribution in [0.25, 0.3) is 10.9 Å². The summed E-state index contributed by atoms with van der Waals surface area (Å²) in [7, 11) is 0. The molecule has 2 aromatic heterocycles. The molecule has 0 aliphatic carbocycles. The zero-order valence-electron chi connectivity index (χ0n) is 9.59. The van der Waals surface area contributed by atoms with E-state index < -0.39 is 0 Å². The standard InChI is InChI=1S/C12H8ClN5O/c13-8-3-1-2-7-4-5-9(16-10(7)8)11(19)17-12-14-6-15-18-12/h1-6H,(H2,14,15,17,18,19). The van der Waals surface area contributed by atoms with Crippen molar-refractivity contribution in [3.05, 3.63) is 47.4 Å². The fraction of sp³-hybridized carbons (Fsp3) is 0. The van der Waals surface area contributed by atoms with Crippen LogP contribution in [0.4, 0.5) is 5.95 Å². The van der Waals surface area contributed by atoms with Gasteiger partial charge in [0.05, 0.1) is 10.5 Å². The number of fused-ring (bicyclic) bond motifs is 1. The van der Waals surface area contributed by atoms with E-state index in [1.807, 2.05) is 12.1 Å². The second-order valence-corrected chi connectivity index (χ2v) is 4.20. The fourth-order valence-electron chi connectivity index (χ4n) is 1.67. The van der Waals surface area contributed by atoms with Crippen molar-refractivity contribution in [2.24, 2.45) is 0 Å². The van der Waals surface area contributed by atoms with Gasteiger partial charge in [0.2, 0.25) is 5.95 Å². The number of aromatic amines is 1. The summed E-state index contributed by atoms with van der Waals surface area (Å²) in [5.74, 6) is -0.107. The first-order valence-corrected chi connectivity index (χ1v) is 5.84. The number of rotatable bonds is 2. The number of hydrogen-bond donors (Lipinski definition) is 2. The van der Waals surface area contributed by atoms with Gasteiger partial charge in [-0.05, 0) is 12.1 Å². The number of H-pyrrole nitrogens is 1. The minimum absolute atomic E-state index is 0.261. The SMILES string of the molecule is O=C(Nc1ncn[nH]1)c1ccc2cccc(Cl)c2n1. The number of carbonyl (C=O) groups excluding carboxylic acids is 1. The van der Waals surface area contributed by atoms with Crippen LogP contribution in [0.1, 0.15) is 10.5 Å². The van der Waals surface area contributed by atoms with Crippen molar-refractivity contribution in [3.63, 3.8) is 0 Å². The number of carbonyl (C=O) groups is 1. The number of nitrogens with one attached hydrogen (secondary N) is 2. The van der Waals surface area contributed by atoms with Gasteiger partial charge in [-0.15, -0.1) is 0 Å². The number of aromatic nitrogens is 4. The first kappa shape index (κ1) is 11.6. The lowest BCUT2D eigenvalue weighted by Crippen LogP contribution is -2.14. The Hall–Kier alpha value is -2.47. The highest BCUT2D eigenvalue weighted by Gasteiger charge is 2.10. The Labute approximate surface area is 112 Å². The van der Waals surface area contributed by atoms with E-state index in [1.165, 1.54) is 6.33 Å². The highest BCUT2D eigenvalue weighted by atomic mass is 35.5. The molecule has 2 N–H and O–H groups in total. The Morgan fingerprint density at radius 3 is 2.95 bits per heavy atom. The van der Waals surface area contributed by atoms with Crippen LogP contribution in [0, 0.1) is 0 Å². The maximum atomic E-state index is 12.0. The molecular weight excluding hydrogens is 266 g/mol. The maximum Gasteiger partial charge on any atom is 0.276 e. The average Bonchev–Trinajstić information content (AvgIpc) is 2.92. The Morgan fingerprint density at radius 2 is 2.16 bits per heavy atom. The summed E-state index contributed by atoms with van der Waals surface area (Å²) >= 11 is 6.05. The summed E-state index contributed by atoms with van der Waals surface area (Å²) in [5.41, 5.74) is 0.853. The molecule has 0 aliphatic rings. The molecule has 0 radical (unpaired) electrons. The molecule has 2 heterocycles. The summed E-state index contributed by atoms with van der Waals surface area (Å²) in [5, 5.41) is 10.1. The molecular formula is C12H8ClN5O. The first-order chi connectivity index (χ1) is 9.24. The lowest BCUT2D eigenvalue weighted by Gasteiger charge is -2.04. The van der Waals surface area contributed by atoms with Crippen molar-refractivity contribution in [1.82, 2.24) is 20.2 Å². The van der Waals surface area contributed by atoms with Gasteiger partial charge in [0.15, 0.2) is 0 Å². The van der Waals surface area contributed by atoms with Crippen LogP contribution in [0.5, 0.6) is 0 Å². The predicted molar refractivity (Wildman–Crippen MR) is 71.1 cm³/mol. The van der Waals surface area contributed by atoms with Gasteiger partial charge in [0.1, 0.15) is 12.0 Å². The molecule has 7 heteroatoms. The molecule has 19 heavy (non-hydrogen) atoms. The molecule has 0 fully saturated rings. The number of pyridine rings is 1. The van der Waals surface area contributed by atoms with Crippen molar-refractivity contribution >= 4 is 34.4 Å². The highest BCUT2D eigenvalue weighted by Crippen LogP contribution is 2.21. The van der Waals surface area contributed by atoms with Gasteiger partial charge in [0.25, 0.3) is 5.91 Å². The van der Waals surface area contributed by atoms with Gasteiger partial charge in [-0.1, -0.05) is 29.8 Å². The van der Waals surface area contributed by atoms with E-state index in [0.717, 1.165) is 5.39 Å². The van der Waals surface area contributed by atoms with Gasteiger partial charge in [-0.3, -0.25) is 10.1 Å². The Balaban J connectivity index is 1.97. The number of amides is 1. The first-order valence-electron chi connectivity index (χ1n) is 5.46. The van der Waals surface area contributed by atoms with E-state index >= 15 is 0 Å². The third-order valence-electron chi connectivity index (χ3n) is 2.55. The Morgan fingerprint density at radius 1 is 1.26 bits per heavy atom. The fourth-order valence-corrected chi connectivity index (χ4v) is 1.90. The normalized spacial score (nSPS) is 10.6.